The van der Waals surface area contributed by atoms with Crippen molar-refractivity contribution in [3.63, 3.8) is 0 Å². The van der Waals surface area contributed by atoms with Gasteiger partial charge in [0.1, 0.15) is 5.82 Å². The van der Waals surface area contributed by atoms with Crippen LogP contribution in [-0.2, 0) is 4.79 Å². The van der Waals surface area contributed by atoms with Crippen LogP contribution >= 0.6 is 0 Å². The molecule has 8 heteroatoms. The minimum absolute atomic E-state index is 0.135. The molecular formula is C11H14N6O2. The molecule has 2 heterocycles. The summed E-state index contributed by atoms with van der Waals surface area (Å²) in [7, 11) is 0. The van der Waals surface area contributed by atoms with Gasteiger partial charge in [-0.25, -0.2) is 0 Å². The third-order valence-corrected chi connectivity index (χ3v) is 3.44. The van der Waals surface area contributed by atoms with Crippen LogP contribution in [0.25, 0.3) is 5.65 Å². The molecule has 1 aliphatic carbocycles. The first-order valence-corrected chi connectivity index (χ1v) is 6.27. The molecule has 8 nitrogen and oxygen atoms in total. The van der Waals surface area contributed by atoms with Crippen molar-refractivity contribution in [3.8, 4) is 0 Å². The average Bonchev–Trinajstić information content (AvgIpc) is 2.86. The molecule has 1 fully saturated rings. The second kappa shape index (κ2) is 4.79. The van der Waals surface area contributed by atoms with Crippen LogP contribution in [0.2, 0.25) is 0 Å². The molecule has 0 amide bonds. The lowest BCUT2D eigenvalue weighted by Crippen LogP contribution is -2.31. The van der Waals surface area contributed by atoms with Gasteiger partial charge in [-0.05, 0) is 41.8 Å². The third-order valence-electron chi connectivity index (χ3n) is 3.44. The van der Waals surface area contributed by atoms with Gasteiger partial charge in [-0.2, -0.15) is 0 Å². The van der Waals surface area contributed by atoms with Gasteiger partial charge in [0.25, 0.3) is 0 Å². The van der Waals surface area contributed by atoms with E-state index in [0.717, 1.165) is 19.3 Å². The number of rotatable bonds is 3. The van der Waals surface area contributed by atoms with Crippen LogP contribution in [0.1, 0.15) is 25.7 Å². The Bertz CT molecular complexity index is 598. The topological polar surface area (TPSA) is 105 Å². The Kier molecular flexibility index (Phi) is 2.98. The van der Waals surface area contributed by atoms with E-state index >= 15 is 0 Å². The van der Waals surface area contributed by atoms with E-state index in [-0.39, 0.29) is 12.0 Å². The van der Waals surface area contributed by atoms with Gasteiger partial charge in [-0.3, -0.25) is 4.79 Å². The molecule has 2 aromatic rings. The standard InChI is InChI=1S/C11H14N6O2/c18-11(19)7-2-1-3-8(6-7)12-9-4-5-10-13-15-16-17(10)14-9/h4-5,7-8H,1-3,6H2,(H,12,14)(H,18,19). The smallest absolute Gasteiger partial charge is 0.306 e. The number of hydrogen-bond acceptors (Lipinski definition) is 6. The summed E-state index contributed by atoms with van der Waals surface area (Å²) in [6.45, 7) is 0. The Morgan fingerprint density at radius 3 is 3.16 bits per heavy atom. The molecule has 2 unspecified atom stereocenters. The second-order valence-corrected chi connectivity index (χ2v) is 4.79. The van der Waals surface area contributed by atoms with Gasteiger partial charge in [0, 0.05) is 6.04 Å². The van der Waals surface area contributed by atoms with Gasteiger partial charge in [0.15, 0.2) is 5.65 Å². The monoisotopic (exact) mass is 262 g/mol. The predicted molar refractivity (Wildman–Crippen MR) is 65.6 cm³/mol. The fourth-order valence-electron chi connectivity index (χ4n) is 2.48. The van der Waals surface area contributed by atoms with Crippen LogP contribution < -0.4 is 5.32 Å². The molecule has 100 valence electrons. The van der Waals surface area contributed by atoms with Gasteiger partial charge in [-0.15, -0.1) is 14.8 Å². The highest BCUT2D eigenvalue weighted by molar-refractivity contribution is 5.70. The van der Waals surface area contributed by atoms with Gasteiger partial charge in [0.05, 0.1) is 5.92 Å². The summed E-state index contributed by atoms with van der Waals surface area (Å²) in [5.74, 6) is -0.311. The molecule has 2 N–H and O–H groups in total. The van der Waals surface area contributed by atoms with Crippen molar-refractivity contribution in [3.05, 3.63) is 12.1 Å². The van der Waals surface area contributed by atoms with E-state index < -0.39 is 5.97 Å². The van der Waals surface area contributed by atoms with Crippen molar-refractivity contribution in [1.29, 1.82) is 0 Å². The SMILES string of the molecule is O=C(O)C1CCCC(Nc2ccc3nnnn3n2)C1. The quantitative estimate of drug-likeness (QED) is 0.833. The number of carboxylic acids is 1. The van der Waals surface area contributed by atoms with Crippen molar-refractivity contribution < 1.29 is 9.90 Å². The first-order chi connectivity index (χ1) is 9.22. The number of aliphatic carboxylic acids is 1. The highest BCUT2D eigenvalue weighted by Gasteiger charge is 2.27. The first-order valence-electron chi connectivity index (χ1n) is 6.27. The Labute approximate surface area is 108 Å². The van der Waals surface area contributed by atoms with E-state index in [1.807, 2.05) is 0 Å². The van der Waals surface area contributed by atoms with Crippen molar-refractivity contribution >= 4 is 17.4 Å². The molecular weight excluding hydrogens is 248 g/mol. The van der Waals surface area contributed by atoms with Crippen molar-refractivity contribution in [1.82, 2.24) is 25.3 Å². The fourth-order valence-corrected chi connectivity index (χ4v) is 2.48. The minimum atomic E-state index is -0.713. The van der Waals surface area contributed by atoms with E-state index in [9.17, 15) is 4.79 Å². The van der Waals surface area contributed by atoms with Crippen LogP contribution in [0, 0.1) is 5.92 Å². The number of hydrogen-bond donors (Lipinski definition) is 2. The Morgan fingerprint density at radius 1 is 1.42 bits per heavy atom. The summed E-state index contributed by atoms with van der Waals surface area (Å²) in [6, 6.07) is 3.71. The Morgan fingerprint density at radius 2 is 2.32 bits per heavy atom. The maximum Gasteiger partial charge on any atom is 0.306 e. The first kappa shape index (κ1) is 11.8. The highest BCUT2D eigenvalue weighted by atomic mass is 16.4. The molecule has 1 saturated carbocycles. The van der Waals surface area contributed by atoms with E-state index in [2.05, 4.69) is 25.9 Å². The van der Waals surface area contributed by atoms with Gasteiger partial charge in [0.2, 0.25) is 0 Å². The van der Waals surface area contributed by atoms with Gasteiger partial charge in [-0.1, -0.05) is 6.42 Å². The van der Waals surface area contributed by atoms with Crippen LogP contribution in [0.5, 0.6) is 0 Å². The average molecular weight is 262 g/mol. The van der Waals surface area contributed by atoms with Crippen molar-refractivity contribution in [2.45, 2.75) is 31.7 Å². The number of aromatic nitrogens is 5. The predicted octanol–water partition coefficient (Wildman–Crippen LogP) is 0.575. The summed E-state index contributed by atoms with van der Waals surface area (Å²) >= 11 is 0. The molecule has 0 aromatic carbocycles. The zero-order valence-electron chi connectivity index (χ0n) is 10.2. The summed E-state index contributed by atoms with van der Waals surface area (Å²) in [5, 5.41) is 27.6. The third kappa shape index (κ3) is 2.47. The molecule has 0 radical (unpaired) electrons. The van der Waals surface area contributed by atoms with Crippen LogP contribution in [-0.4, -0.2) is 42.4 Å². The lowest BCUT2D eigenvalue weighted by atomic mass is 9.86. The number of carboxylic acid groups (broad SMARTS) is 1. The summed E-state index contributed by atoms with van der Waals surface area (Å²) in [6.07, 6.45) is 3.26. The number of nitrogens with one attached hydrogen (secondary N) is 1. The summed E-state index contributed by atoms with van der Waals surface area (Å²) in [4.78, 5) is 11.0. The normalized spacial score (nSPS) is 23.4. The number of carbonyl (C=O) groups is 1. The molecule has 0 spiro atoms. The van der Waals surface area contributed by atoms with E-state index in [1.54, 1.807) is 12.1 Å². The highest BCUT2D eigenvalue weighted by Crippen LogP contribution is 2.26. The van der Waals surface area contributed by atoms with Crippen LogP contribution in [0.4, 0.5) is 5.82 Å². The van der Waals surface area contributed by atoms with Gasteiger partial charge >= 0.3 is 5.97 Å². The summed E-state index contributed by atoms with van der Waals surface area (Å²) in [5.41, 5.74) is 0.581. The number of nitrogens with zero attached hydrogens (tertiary/aromatic N) is 5. The van der Waals surface area contributed by atoms with Crippen LogP contribution in [0.3, 0.4) is 0 Å². The van der Waals surface area contributed by atoms with E-state index in [4.69, 9.17) is 5.11 Å². The molecule has 0 saturated heterocycles. The minimum Gasteiger partial charge on any atom is -0.481 e. The molecule has 0 aliphatic heterocycles. The fraction of sp³-hybridized carbons (Fsp3) is 0.545. The zero-order valence-corrected chi connectivity index (χ0v) is 10.2. The molecule has 2 aromatic heterocycles. The molecule has 3 rings (SSSR count). The lowest BCUT2D eigenvalue weighted by molar-refractivity contribution is -0.142. The zero-order chi connectivity index (χ0) is 13.2. The van der Waals surface area contributed by atoms with Crippen molar-refractivity contribution in [2.24, 2.45) is 5.92 Å². The Hall–Kier alpha value is -2.25. The second-order valence-electron chi connectivity index (χ2n) is 4.79. The maximum absolute atomic E-state index is 11.0. The van der Waals surface area contributed by atoms with Gasteiger partial charge < -0.3 is 10.4 Å². The van der Waals surface area contributed by atoms with Crippen molar-refractivity contribution in [2.75, 3.05) is 5.32 Å². The molecule has 2 atom stereocenters. The number of fused-ring (bicyclic) bond motifs is 1. The number of tetrazole rings is 1. The Balaban J connectivity index is 1.71. The van der Waals surface area contributed by atoms with Crippen LogP contribution in [0.15, 0.2) is 12.1 Å². The molecule has 1 aliphatic rings. The largest absolute Gasteiger partial charge is 0.481 e. The van der Waals surface area contributed by atoms with E-state index in [0.29, 0.717) is 17.9 Å². The number of anilines is 1. The molecule has 0 bridgehead atoms. The summed E-state index contributed by atoms with van der Waals surface area (Å²) < 4.78 is 1.35. The molecule has 19 heavy (non-hydrogen) atoms. The lowest BCUT2D eigenvalue weighted by Gasteiger charge is -2.27. The van der Waals surface area contributed by atoms with E-state index in [1.165, 1.54) is 4.63 Å². The maximum atomic E-state index is 11.0.